The summed E-state index contributed by atoms with van der Waals surface area (Å²) >= 11 is 6.41. The number of carbonyl (C=O) groups excluding carboxylic acids is 12. The molecule has 28 heteroatoms. The molecule has 0 aromatic carbocycles. The number of nitrogens with zero attached hydrogens (tertiary/aromatic N) is 9. The van der Waals surface area contributed by atoms with Gasteiger partial charge in [-0.15, -0.1) is 11.6 Å². The van der Waals surface area contributed by atoms with Crippen LogP contribution in [0, 0.1) is 41.4 Å². The lowest BCUT2D eigenvalue weighted by molar-refractivity contribution is -0.182. The van der Waals surface area contributed by atoms with Gasteiger partial charge in [0.1, 0.15) is 59.9 Å². The maximum atomic E-state index is 15.6. The van der Waals surface area contributed by atoms with E-state index >= 15 is 24.0 Å². The molecule has 12 amide bonds. The molecule has 564 valence electrons. The van der Waals surface area contributed by atoms with Gasteiger partial charge in [-0.05, 0) is 132 Å². The highest BCUT2D eigenvalue weighted by Gasteiger charge is 2.53. The first-order valence-corrected chi connectivity index (χ1v) is 37.4. The van der Waals surface area contributed by atoms with Crippen molar-refractivity contribution in [2.24, 2.45) is 41.4 Å². The highest BCUT2D eigenvalue weighted by molar-refractivity contribution is 6.21. The Morgan fingerprint density at radius 3 is 1.82 bits per heavy atom. The first-order valence-electron chi connectivity index (χ1n) is 37.0. The van der Waals surface area contributed by atoms with Crippen LogP contribution in [0.2, 0.25) is 0 Å². The van der Waals surface area contributed by atoms with Gasteiger partial charge in [0.05, 0.1) is 18.9 Å². The van der Waals surface area contributed by atoms with E-state index < -0.39 is 173 Å². The van der Waals surface area contributed by atoms with Gasteiger partial charge in [-0.25, -0.2) is 0 Å². The number of halogens is 4. The van der Waals surface area contributed by atoms with E-state index in [1.807, 2.05) is 20.8 Å². The van der Waals surface area contributed by atoms with Crippen LogP contribution in [0.1, 0.15) is 196 Å². The summed E-state index contributed by atoms with van der Waals surface area (Å²) < 4.78 is 42.1. The number of rotatable bonds is 11. The van der Waals surface area contributed by atoms with Crippen LogP contribution in [0.15, 0.2) is 0 Å². The standard InChI is InChI=1S/C72H116ClF3N12O12/c1-15-44(5)59-68(98)82(10)45(6)63(93)88-36-32-53(88)67(97)84(12)55(39-47-26-24-43(4)25-27-47)66(96)81(9)41-57(89)77-51(31-29-46-28-30-49(50(73)38-46)72(74,75)76)64(94)87-35-20-23-52(87)62(92)79-71(33-18-19-34-71)70(100)86(14)60(48-21-16-17-22-48)69(99)85(13)56(65(95)80(7)8)40-58(90)83(11)54(37-42(2)3)61(91)78-59/h42-56,59-60H,15-41H2,1-14H3,(H,77,89)(H,78,91)(H,79,92)/t43?,44-,45-,46?,47?,49?,50?,51-,52-,53-,54-,55-,56-,59-,60-/m0/s1. The van der Waals surface area contributed by atoms with Crippen molar-refractivity contribution >= 4 is 82.5 Å². The molecule has 7 rings (SSSR count). The van der Waals surface area contributed by atoms with E-state index in [4.69, 9.17) is 11.6 Å². The van der Waals surface area contributed by atoms with Crippen molar-refractivity contribution in [1.29, 1.82) is 0 Å². The largest absolute Gasteiger partial charge is 0.393 e. The van der Waals surface area contributed by atoms with Gasteiger partial charge in [-0.2, -0.15) is 13.2 Å². The zero-order valence-electron chi connectivity index (χ0n) is 61.8. The van der Waals surface area contributed by atoms with E-state index in [9.17, 15) is 46.7 Å². The fraction of sp³-hybridized carbons (Fsp3) is 0.833. The van der Waals surface area contributed by atoms with Gasteiger partial charge in [0.15, 0.2) is 0 Å². The summed E-state index contributed by atoms with van der Waals surface area (Å²) in [4.78, 5) is 191. The topological polar surface area (TPSA) is 270 Å². The number of nitrogens with one attached hydrogen (secondary N) is 3. The quantitative estimate of drug-likeness (QED) is 0.203. The fourth-order valence-electron chi connectivity index (χ4n) is 16.7. The minimum Gasteiger partial charge on any atom is -0.347 e. The molecule has 4 aliphatic carbocycles. The van der Waals surface area contributed by atoms with Crippen molar-refractivity contribution < 1.29 is 70.7 Å². The van der Waals surface area contributed by atoms with Gasteiger partial charge in [-0.3, -0.25) is 57.5 Å². The number of fused-ring (bicyclic) bond motifs is 2. The molecule has 1 spiro atoms. The van der Waals surface area contributed by atoms with E-state index in [1.165, 1.54) is 107 Å². The second-order valence-electron chi connectivity index (χ2n) is 31.3. The lowest BCUT2D eigenvalue weighted by atomic mass is 9.78. The van der Waals surface area contributed by atoms with Crippen molar-refractivity contribution in [2.75, 3.05) is 76.0 Å². The third-order valence-electron chi connectivity index (χ3n) is 23.7. The predicted molar refractivity (Wildman–Crippen MR) is 370 cm³/mol. The first kappa shape index (κ1) is 81.0. The van der Waals surface area contributed by atoms with Gasteiger partial charge in [0, 0.05) is 74.8 Å². The number of carbonyl (C=O) groups is 12. The minimum absolute atomic E-state index is 0.00137. The average molecular weight is 1430 g/mol. The average Bonchev–Trinajstić information content (AvgIpc) is 1.29. The van der Waals surface area contributed by atoms with E-state index in [0.29, 0.717) is 44.4 Å². The van der Waals surface area contributed by atoms with Crippen molar-refractivity contribution in [2.45, 2.75) is 267 Å². The SMILES string of the molecule is CC[C@H](C)[C@@H]1NC(=O)[C@H](CC(C)C)N(C)C(=O)C[C@@H](C(=O)N(C)C)N(C)C(=O)[C@H](C2CCCC2)N(C)C(=O)C2(CCCC2)NC(=O)[C@@H]2CCCN2C(=O)[C@H](CCC2CCC(C(F)(F)F)C(Cl)C2)NC(=O)CN(C)C(=O)[C@H](CC2CCC(C)CC2)N(C)C(=O)[C@@H]2CCN2C(=O)[C@H](C)N(C)C1=O. The Balaban J connectivity index is 1.28. The lowest BCUT2D eigenvalue weighted by Gasteiger charge is -2.45. The summed E-state index contributed by atoms with van der Waals surface area (Å²) in [6.45, 7) is 10.7. The van der Waals surface area contributed by atoms with Gasteiger partial charge < -0.3 is 60.0 Å². The molecule has 3 saturated heterocycles. The number of alkyl halides is 4. The molecule has 24 nitrogen and oxygen atoms in total. The maximum Gasteiger partial charge on any atom is 0.393 e. The monoisotopic (exact) mass is 1430 g/mol. The Bertz CT molecular complexity index is 2960. The van der Waals surface area contributed by atoms with Crippen molar-refractivity contribution in [3.63, 3.8) is 0 Å². The molecule has 3 N–H and O–H groups in total. The number of amides is 12. The Morgan fingerprint density at radius 2 is 1.25 bits per heavy atom. The van der Waals surface area contributed by atoms with Crippen LogP contribution in [0.4, 0.5) is 13.2 Å². The Kier molecular flexibility index (Phi) is 28.2. The summed E-state index contributed by atoms with van der Waals surface area (Å²) in [5, 5.41) is 7.64. The summed E-state index contributed by atoms with van der Waals surface area (Å²) in [6, 6.07) is -10.8. The van der Waals surface area contributed by atoms with Crippen LogP contribution >= 0.6 is 11.6 Å². The van der Waals surface area contributed by atoms with E-state index in [-0.39, 0.29) is 101 Å². The number of hydrogen-bond donors (Lipinski definition) is 3. The zero-order chi connectivity index (χ0) is 74.2. The summed E-state index contributed by atoms with van der Waals surface area (Å²) in [7, 11) is 11.7. The Labute approximate surface area is 595 Å². The third-order valence-corrected chi connectivity index (χ3v) is 24.2. The highest BCUT2D eigenvalue weighted by Crippen LogP contribution is 2.44. The van der Waals surface area contributed by atoms with Crippen LogP contribution in [0.5, 0.6) is 0 Å². The predicted octanol–water partition coefficient (Wildman–Crippen LogP) is 5.95. The third kappa shape index (κ3) is 18.9. The molecule has 0 aromatic rings. The van der Waals surface area contributed by atoms with Crippen LogP contribution < -0.4 is 16.0 Å². The zero-order valence-corrected chi connectivity index (χ0v) is 62.6. The molecule has 0 aromatic heterocycles. The Morgan fingerprint density at radius 1 is 0.630 bits per heavy atom. The highest BCUT2D eigenvalue weighted by atomic mass is 35.5. The van der Waals surface area contributed by atoms with Crippen LogP contribution in [-0.2, 0) is 57.5 Å². The molecule has 7 aliphatic rings. The van der Waals surface area contributed by atoms with Crippen LogP contribution in [0.3, 0.4) is 0 Å². The Hall–Kier alpha value is -6.28. The molecule has 13 atom stereocenters. The van der Waals surface area contributed by atoms with E-state index in [2.05, 4.69) is 22.9 Å². The molecule has 100 heavy (non-hydrogen) atoms. The molecule has 0 bridgehead atoms. The number of hydrogen-bond acceptors (Lipinski definition) is 12. The van der Waals surface area contributed by atoms with E-state index in [1.54, 1.807) is 6.92 Å². The molecule has 0 radical (unpaired) electrons. The molecule has 3 heterocycles. The van der Waals surface area contributed by atoms with Gasteiger partial charge >= 0.3 is 6.18 Å². The minimum atomic E-state index is -4.51. The molecule has 3 aliphatic heterocycles. The number of likely N-dealkylation sites (N-methyl/N-ethyl adjacent to an activating group) is 7. The van der Waals surface area contributed by atoms with Crippen LogP contribution in [-0.4, -0.2) is 262 Å². The van der Waals surface area contributed by atoms with Crippen molar-refractivity contribution in [3.8, 4) is 0 Å². The van der Waals surface area contributed by atoms with Crippen molar-refractivity contribution in [1.82, 2.24) is 60.0 Å². The van der Waals surface area contributed by atoms with Crippen LogP contribution in [0.25, 0.3) is 0 Å². The molecule has 7 fully saturated rings. The second-order valence-corrected chi connectivity index (χ2v) is 31.9. The van der Waals surface area contributed by atoms with Crippen molar-refractivity contribution in [3.05, 3.63) is 0 Å². The van der Waals surface area contributed by atoms with Gasteiger partial charge in [-0.1, -0.05) is 92.4 Å². The van der Waals surface area contributed by atoms with E-state index in [0.717, 1.165) is 38.5 Å². The first-order chi connectivity index (χ1) is 46.9. The second kappa shape index (κ2) is 34.8. The maximum absolute atomic E-state index is 15.6. The molecular formula is C72H116ClF3N12O12. The fourth-order valence-corrected chi connectivity index (χ4v) is 17.2. The lowest BCUT2D eigenvalue weighted by Crippen LogP contribution is -2.65. The molecule has 4 saturated carbocycles. The summed E-state index contributed by atoms with van der Waals surface area (Å²) in [6.07, 6.45) is 3.88. The molecule has 3 unspecified atom stereocenters. The summed E-state index contributed by atoms with van der Waals surface area (Å²) in [5.74, 6) is -10.1. The summed E-state index contributed by atoms with van der Waals surface area (Å²) in [5.41, 5.74) is -1.55. The molecular weight excluding hydrogens is 1320 g/mol. The van der Waals surface area contributed by atoms with Gasteiger partial charge in [0.2, 0.25) is 70.9 Å². The van der Waals surface area contributed by atoms with Gasteiger partial charge in [0.25, 0.3) is 0 Å². The smallest absolute Gasteiger partial charge is 0.347 e. The normalized spacial score (nSPS) is 32.2.